The van der Waals surface area contributed by atoms with Gasteiger partial charge in [-0.25, -0.2) is 0 Å². The van der Waals surface area contributed by atoms with E-state index in [1.165, 1.54) is 4.90 Å². The molecule has 1 fully saturated rings. The van der Waals surface area contributed by atoms with E-state index < -0.39 is 0 Å². The number of nitrogens with two attached hydrogens (primary N) is 1. The fourth-order valence-electron chi connectivity index (χ4n) is 2.91. The summed E-state index contributed by atoms with van der Waals surface area (Å²) in [6.45, 7) is 2.99. The van der Waals surface area contributed by atoms with E-state index in [4.69, 9.17) is 15.2 Å². The van der Waals surface area contributed by atoms with E-state index in [9.17, 15) is 9.59 Å². The van der Waals surface area contributed by atoms with Crippen molar-refractivity contribution in [1.82, 2.24) is 5.32 Å². The summed E-state index contributed by atoms with van der Waals surface area (Å²) in [5.41, 5.74) is 7.39. The molecule has 130 valence electrons. The number of fused-ring (bicyclic) bond motifs is 1. The summed E-state index contributed by atoms with van der Waals surface area (Å²) in [6, 6.07) is 5.31. The fraction of sp³-hybridized carbons (Fsp3) is 0.529. The summed E-state index contributed by atoms with van der Waals surface area (Å²) >= 11 is 0. The minimum absolute atomic E-state index is 0.0374. The van der Waals surface area contributed by atoms with Crippen molar-refractivity contribution in [2.75, 3.05) is 31.2 Å². The second kappa shape index (κ2) is 7.19. The number of anilines is 1. The fourth-order valence-corrected chi connectivity index (χ4v) is 2.91. The average molecular weight is 333 g/mol. The predicted molar refractivity (Wildman–Crippen MR) is 88.9 cm³/mol. The molecule has 7 heteroatoms. The first-order valence-electron chi connectivity index (χ1n) is 8.25. The van der Waals surface area contributed by atoms with Crippen molar-refractivity contribution in [2.45, 2.75) is 31.9 Å². The average Bonchev–Trinajstić information content (AvgIpc) is 3.08. The molecule has 1 aromatic rings. The summed E-state index contributed by atoms with van der Waals surface area (Å²) in [5.74, 6) is 0.139. The van der Waals surface area contributed by atoms with E-state index in [1.54, 1.807) is 6.07 Å². The third-order valence-electron chi connectivity index (χ3n) is 4.30. The van der Waals surface area contributed by atoms with Gasteiger partial charge >= 0.3 is 0 Å². The van der Waals surface area contributed by atoms with Gasteiger partial charge in [0, 0.05) is 19.2 Å². The summed E-state index contributed by atoms with van der Waals surface area (Å²) < 4.78 is 10.9. The van der Waals surface area contributed by atoms with Crippen molar-refractivity contribution in [3.05, 3.63) is 23.8 Å². The Morgan fingerprint density at radius 3 is 3.04 bits per heavy atom. The Kier molecular flexibility index (Phi) is 5.01. The van der Waals surface area contributed by atoms with E-state index in [0.717, 1.165) is 25.0 Å². The molecule has 0 spiro atoms. The highest BCUT2D eigenvalue weighted by molar-refractivity contribution is 6.02. The molecule has 0 aromatic heterocycles. The zero-order valence-corrected chi connectivity index (χ0v) is 13.8. The second-order valence-electron chi connectivity index (χ2n) is 6.22. The molecule has 0 saturated carbocycles. The number of hydrogen-bond acceptors (Lipinski definition) is 5. The van der Waals surface area contributed by atoms with Gasteiger partial charge in [0.05, 0.1) is 11.8 Å². The number of carbonyl (C=O) groups excluding carboxylic acids is 2. The number of hydrogen-bond donors (Lipinski definition) is 2. The lowest BCUT2D eigenvalue weighted by Gasteiger charge is -2.29. The maximum atomic E-state index is 12.2. The standard InChI is InChI=1S/C17H23N3O4/c1-11(18)12-4-5-15-14(7-12)20(17(22)10-24-15)9-16(21)19-8-13-3-2-6-23-13/h4-5,7,11,13H,2-3,6,8-10,18H2,1H3,(H,19,21)/t11-,13+/m1/s1. The lowest BCUT2D eigenvalue weighted by Crippen LogP contribution is -2.46. The minimum Gasteiger partial charge on any atom is -0.482 e. The van der Waals surface area contributed by atoms with Crippen LogP contribution in [-0.4, -0.2) is 44.2 Å². The molecule has 2 atom stereocenters. The van der Waals surface area contributed by atoms with Gasteiger partial charge in [0.25, 0.3) is 5.91 Å². The molecule has 0 radical (unpaired) electrons. The van der Waals surface area contributed by atoms with E-state index in [2.05, 4.69) is 5.32 Å². The minimum atomic E-state index is -0.239. The van der Waals surface area contributed by atoms with Crippen molar-refractivity contribution >= 4 is 17.5 Å². The topological polar surface area (TPSA) is 93.9 Å². The van der Waals surface area contributed by atoms with Crippen LogP contribution in [0.15, 0.2) is 18.2 Å². The summed E-state index contributed by atoms with van der Waals surface area (Å²) in [5, 5.41) is 2.84. The van der Waals surface area contributed by atoms with Crippen molar-refractivity contribution in [1.29, 1.82) is 0 Å². The first kappa shape index (κ1) is 16.7. The lowest BCUT2D eigenvalue weighted by atomic mass is 10.1. The highest BCUT2D eigenvalue weighted by Crippen LogP contribution is 2.34. The number of rotatable bonds is 5. The van der Waals surface area contributed by atoms with Crippen molar-refractivity contribution in [2.24, 2.45) is 5.73 Å². The quantitative estimate of drug-likeness (QED) is 0.828. The van der Waals surface area contributed by atoms with E-state index in [-0.39, 0.29) is 37.1 Å². The summed E-state index contributed by atoms with van der Waals surface area (Å²) in [4.78, 5) is 25.9. The molecule has 0 aliphatic carbocycles. The molecule has 0 bridgehead atoms. The molecule has 1 saturated heterocycles. The van der Waals surface area contributed by atoms with Crippen LogP contribution in [0.2, 0.25) is 0 Å². The van der Waals surface area contributed by atoms with Gasteiger partial charge in [-0.2, -0.15) is 0 Å². The molecule has 2 heterocycles. The molecule has 24 heavy (non-hydrogen) atoms. The first-order chi connectivity index (χ1) is 11.5. The predicted octanol–water partition coefficient (Wildman–Crippen LogP) is 0.727. The monoisotopic (exact) mass is 333 g/mol. The van der Waals surface area contributed by atoms with E-state index in [1.807, 2.05) is 19.1 Å². The third kappa shape index (κ3) is 3.68. The van der Waals surface area contributed by atoms with Gasteiger partial charge in [-0.1, -0.05) is 6.07 Å². The van der Waals surface area contributed by atoms with Crippen molar-refractivity contribution in [3.63, 3.8) is 0 Å². The Morgan fingerprint density at radius 1 is 1.50 bits per heavy atom. The molecule has 1 aromatic carbocycles. The summed E-state index contributed by atoms with van der Waals surface area (Å²) in [6.07, 6.45) is 2.05. The zero-order chi connectivity index (χ0) is 17.1. The Hall–Kier alpha value is -2.12. The normalized spacial score (nSPS) is 21.2. The van der Waals surface area contributed by atoms with Crippen LogP contribution >= 0.6 is 0 Å². The van der Waals surface area contributed by atoms with Crippen LogP contribution in [0.5, 0.6) is 5.75 Å². The maximum Gasteiger partial charge on any atom is 0.265 e. The molecular weight excluding hydrogens is 310 g/mol. The van der Waals surface area contributed by atoms with Gasteiger partial charge in [-0.05, 0) is 37.5 Å². The Labute approximate surface area is 141 Å². The van der Waals surface area contributed by atoms with Crippen LogP contribution in [0.1, 0.15) is 31.4 Å². The number of carbonyl (C=O) groups is 2. The highest BCUT2D eigenvalue weighted by Gasteiger charge is 2.28. The SMILES string of the molecule is C[C@@H](N)c1ccc2c(c1)N(CC(=O)NC[C@@H]1CCCO1)C(=O)CO2. The first-order valence-corrected chi connectivity index (χ1v) is 8.25. The molecule has 2 amide bonds. The summed E-state index contributed by atoms with van der Waals surface area (Å²) in [7, 11) is 0. The molecular formula is C17H23N3O4. The number of nitrogens with one attached hydrogen (secondary N) is 1. The third-order valence-corrected chi connectivity index (χ3v) is 4.30. The zero-order valence-electron chi connectivity index (χ0n) is 13.8. The van der Waals surface area contributed by atoms with Crippen molar-refractivity contribution in [3.8, 4) is 5.75 Å². The van der Waals surface area contributed by atoms with Gasteiger partial charge in [0.15, 0.2) is 6.61 Å². The van der Waals surface area contributed by atoms with Crippen LogP contribution in [0.4, 0.5) is 5.69 Å². The second-order valence-corrected chi connectivity index (χ2v) is 6.22. The van der Waals surface area contributed by atoms with Gasteiger partial charge in [-0.3, -0.25) is 14.5 Å². The number of amides is 2. The van der Waals surface area contributed by atoms with Crippen molar-refractivity contribution < 1.29 is 19.1 Å². The van der Waals surface area contributed by atoms with E-state index >= 15 is 0 Å². The maximum absolute atomic E-state index is 12.2. The molecule has 3 N–H and O–H groups in total. The van der Waals surface area contributed by atoms with Crippen LogP contribution in [0.3, 0.4) is 0 Å². The van der Waals surface area contributed by atoms with Crippen LogP contribution in [0.25, 0.3) is 0 Å². The Balaban J connectivity index is 1.69. The van der Waals surface area contributed by atoms with Crippen LogP contribution in [0, 0.1) is 0 Å². The molecule has 7 nitrogen and oxygen atoms in total. The molecule has 3 rings (SSSR count). The largest absolute Gasteiger partial charge is 0.482 e. The van der Waals surface area contributed by atoms with Gasteiger partial charge in [-0.15, -0.1) is 0 Å². The van der Waals surface area contributed by atoms with Gasteiger partial charge in [0.1, 0.15) is 12.3 Å². The van der Waals surface area contributed by atoms with Gasteiger partial charge < -0.3 is 20.5 Å². The number of benzene rings is 1. The van der Waals surface area contributed by atoms with Crippen LogP contribution < -0.4 is 20.7 Å². The smallest absolute Gasteiger partial charge is 0.265 e. The number of ether oxygens (including phenoxy) is 2. The molecule has 2 aliphatic rings. The van der Waals surface area contributed by atoms with Crippen LogP contribution in [-0.2, 0) is 14.3 Å². The molecule has 0 unspecified atom stereocenters. The number of nitrogens with zero attached hydrogens (tertiary/aromatic N) is 1. The lowest BCUT2D eigenvalue weighted by molar-refractivity contribution is -0.125. The Morgan fingerprint density at radius 2 is 2.33 bits per heavy atom. The van der Waals surface area contributed by atoms with E-state index in [0.29, 0.717) is 18.0 Å². The highest BCUT2D eigenvalue weighted by atomic mass is 16.5. The molecule has 2 aliphatic heterocycles. The Bertz CT molecular complexity index is 626. The van der Waals surface area contributed by atoms with Gasteiger partial charge in [0.2, 0.25) is 5.91 Å².